The SMILES string of the molecule is O=C1COc2ccccc2N1CCCNc1ccccc1S(=O)(=O)C(F)(F)F. The molecule has 0 atom stereocenters. The first-order chi connectivity index (χ1) is 13.2. The van der Waals surface area contributed by atoms with E-state index in [0.717, 1.165) is 6.07 Å². The summed E-state index contributed by atoms with van der Waals surface area (Å²) in [5.74, 6) is 0.357. The number of amides is 1. The number of halogens is 3. The number of hydrogen-bond donors (Lipinski definition) is 1. The van der Waals surface area contributed by atoms with E-state index in [9.17, 15) is 26.4 Å². The molecule has 0 bridgehead atoms. The summed E-state index contributed by atoms with van der Waals surface area (Å²) < 4.78 is 67.3. The van der Waals surface area contributed by atoms with Crippen molar-refractivity contribution in [2.24, 2.45) is 0 Å². The van der Waals surface area contributed by atoms with Gasteiger partial charge < -0.3 is 15.0 Å². The number of benzene rings is 2. The summed E-state index contributed by atoms with van der Waals surface area (Å²) in [5, 5.41) is 2.72. The van der Waals surface area contributed by atoms with E-state index >= 15 is 0 Å². The summed E-state index contributed by atoms with van der Waals surface area (Å²) in [6.07, 6.45) is 0.389. The van der Waals surface area contributed by atoms with E-state index < -0.39 is 20.2 Å². The fourth-order valence-corrected chi connectivity index (χ4v) is 3.77. The van der Waals surface area contributed by atoms with Crippen molar-refractivity contribution in [3.63, 3.8) is 0 Å². The zero-order valence-electron chi connectivity index (χ0n) is 14.6. The molecule has 2 aromatic rings. The van der Waals surface area contributed by atoms with Crippen LogP contribution in [0.5, 0.6) is 5.75 Å². The Labute approximate surface area is 159 Å². The maximum Gasteiger partial charge on any atom is 0.501 e. The average molecular weight is 414 g/mol. The fourth-order valence-electron chi connectivity index (χ4n) is 2.83. The molecule has 0 radical (unpaired) electrons. The molecule has 0 aromatic heterocycles. The highest BCUT2D eigenvalue weighted by molar-refractivity contribution is 7.92. The van der Waals surface area contributed by atoms with Crippen molar-refractivity contribution in [2.45, 2.75) is 16.8 Å². The highest BCUT2D eigenvalue weighted by Crippen LogP contribution is 2.34. The number of para-hydroxylation sites is 3. The molecular weight excluding hydrogens is 397 g/mol. The van der Waals surface area contributed by atoms with Crippen LogP contribution in [0.4, 0.5) is 24.5 Å². The van der Waals surface area contributed by atoms with Crippen LogP contribution in [0.15, 0.2) is 53.4 Å². The maximum absolute atomic E-state index is 12.8. The molecule has 1 aliphatic rings. The van der Waals surface area contributed by atoms with E-state index in [4.69, 9.17) is 4.74 Å². The Kier molecular flexibility index (Phi) is 5.50. The summed E-state index contributed by atoms with van der Waals surface area (Å²) in [5.41, 5.74) is -4.89. The van der Waals surface area contributed by atoms with E-state index in [-0.39, 0.29) is 24.7 Å². The number of carbonyl (C=O) groups excluding carboxylic acids is 1. The van der Waals surface area contributed by atoms with Gasteiger partial charge in [0.15, 0.2) is 6.61 Å². The van der Waals surface area contributed by atoms with Gasteiger partial charge in [-0.15, -0.1) is 0 Å². The van der Waals surface area contributed by atoms with E-state index in [1.165, 1.54) is 18.2 Å². The van der Waals surface area contributed by atoms with Crippen molar-refractivity contribution < 1.29 is 31.1 Å². The predicted octanol–water partition coefficient (Wildman–Crippen LogP) is 3.21. The van der Waals surface area contributed by atoms with Gasteiger partial charge in [0.25, 0.3) is 15.7 Å². The molecule has 0 spiro atoms. The number of sulfone groups is 1. The molecule has 6 nitrogen and oxygen atoms in total. The van der Waals surface area contributed by atoms with Crippen LogP contribution in [0.25, 0.3) is 0 Å². The number of nitrogens with one attached hydrogen (secondary N) is 1. The quantitative estimate of drug-likeness (QED) is 0.735. The molecule has 1 aliphatic heterocycles. The van der Waals surface area contributed by atoms with Crippen LogP contribution in [-0.2, 0) is 14.6 Å². The van der Waals surface area contributed by atoms with Gasteiger partial charge in [0.05, 0.1) is 16.3 Å². The van der Waals surface area contributed by atoms with Crippen LogP contribution < -0.4 is 15.0 Å². The third kappa shape index (κ3) is 3.91. The summed E-state index contributed by atoms with van der Waals surface area (Å²) in [7, 11) is -5.46. The zero-order valence-corrected chi connectivity index (χ0v) is 15.4. The van der Waals surface area contributed by atoms with E-state index in [2.05, 4.69) is 5.32 Å². The van der Waals surface area contributed by atoms with E-state index in [1.54, 1.807) is 29.2 Å². The molecular formula is C18H17F3N2O4S. The number of hydrogen-bond acceptors (Lipinski definition) is 5. The molecule has 0 unspecified atom stereocenters. The minimum Gasteiger partial charge on any atom is -0.482 e. The van der Waals surface area contributed by atoms with Crippen LogP contribution in [0, 0.1) is 0 Å². The molecule has 3 rings (SSSR count). The third-order valence-electron chi connectivity index (χ3n) is 4.16. The average Bonchev–Trinajstić information content (AvgIpc) is 2.66. The Morgan fingerprint density at radius 3 is 2.50 bits per heavy atom. The largest absolute Gasteiger partial charge is 0.501 e. The molecule has 0 aliphatic carbocycles. The Hall–Kier alpha value is -2.75. The van der Waals surface area contributed by atoms with Gasteiger partial charge in [0.1, 0.15) is 5.75 Å². The van der Waals surface area contributed by atoms with Gasteiger partial charge in [-0.1, -0.05) is 24.3 Å². The molecule has 1 N–H and O–H groups in total. The minimum absolute atomic E-state index is 0.0862. The lowest BCUT2D eigenvalue weighted by Crippen LogP contribution is -2.39. The number of ether oxygens (including phenoxy) is 1. The molecule has 1 heterocycles. The predicted molar refractivity (Wildman–Crippen MR) is 97.1 cm³/mol. The Morgan fingerprint density at radius 2 is 1.75 bits per heavy atom. The standard InChI is InChI=1S/C18H17F3N2O4S/c19-18(20,21)28(25,26)16-9-4-1-6-13(16)22-10-5-11-23-14-7-2-3-8-15(14)27-12-17(23)24/h1-4,6-9,22H,5,10-12H2. The highest BCUT2D eigenvalue weighted by Gasteiger charge is 2.47. The first kappa shape index (κ1) is 20.0. The van der Waals surface area contributed by atoms with Crippen molar-refractivity contribution in [1.82, 2.24) is 0 Å². The van der Waals surface area contributed by atoms with Crippen LogP contribution in [0.1, 0.15) is 6.42 Å². The van der Waals surface area contributed by atoms with Crippen LogP contribution in [0.2, 0.25) is 0 Å². The lowest BCUT2D eigenvalue weighted by molar-refractivity contribution is -0.121. The number of fused-ring (bicyclic) bond motifs is 1. The number of anilines is 2. The molecule has 0 fully saturated rings. The van der Waals surface area contributed by atoms with Gasteiger partial charge >= 0.3 is 5.51 Å². The molecule has 28 heavy (non-hydrogen) atoms. The van der Waals surface area contributed by atoms with Crippen LogP contribution in [-0.4, -0.2) is 39.5 Å². The van der Waals surface area contributed by atoms with Crippen molar-refractivity contribution >= 4 is 27.1 Å². The molecule has 10 heteroatoms. The Morgan fingerprint density at radius 1 is 1.07 bits per heavy atom. The molecule has 0 saturated heterocycles. The molecule has 2 aromatic carbocycles. The molecule has 150 valence electrons. The number of carbonyl (C=O) groups is 1. The lowest BCUT2D eigenvalue weighted by Gasteiger charge is -2.29. The Balaban J connectivity index is 1.67. The second kappa shape index (κ2) is 7.70. The highest BCUT2D eigenvalue weighted by atomic mass is 32.2. The van der Waals surface area contributed by atoms with E-state index in [1.807, 2.05) is 0 Å². The minimum atomic E-state index is -5.46. The second-order valence-corrected chi connectivity index (χ2v) is 7.94. The number of nitrogens with zero attached hydrogens (tertiary/aromatic N) is 1. The van der Waals surface area contributed by atoms with Crippen molar-refractivity contribution in [3.05, 3.63) is 48.5 Å². The normalized spacial score (nSPS) is 14.4. The summed E-state index contributed by atoms with van der Waals surface area (Å²) in [6, 6.07) is 11.9. The summed E-state index contributed by atoms with van der Waals surface area (Å²) in [6.45, 7) is 0.398. The van der Waals surface area contributed by atoms with Gasteiger partial charge in [0, 0.05) is 13.1 Å². The second-order valence-electron chi connectivity index (χ2n) is 6.03. The van der Waals surface area contributed by atoms with Crippen LogP contribution in [0.3, 0.4) is 0 Å². The monoisotopic (exact) mass is 414 g/mol. The number of rotatable bonds is 6. The van der Waals surface area contributed by atoms with Gasteiger partial charge in [0.2, 0.25) is 0 Å². The summed E-state index contributed by atoms with van der Waals surface area (Å²) in [4.78, 5) is 12.8. The van der Waals surface area contributed by atoms with Crippen molar-refractivity contribution in [3.8, 4) is 5.75 Å². The first-order valence-corrected chi connectivity index (χ1v) is 9.86. The zero-order chi connectivity index (χ0) is 20.4. The topological polar surface area (TPSA) is 75.7 Å². The maximum atomic E-state index is 12.8. The Bertz CT molecular complexity index is 977. The van der Waals surface area contributed by atoms with Crippen molar-refractivity contribution in [2.75, 3.05) is 29.9 Å². The van der Waals surface area contributed by atoms with Crippen molar-refractivity contribution in [1.29, 1.82) is 0 Å². The van der Waals surface area contributed by atoms with Gasteiger partial charge in [-0.25, -0.2) is 8.42 Å². The van der Waals surface area contributed by atoms with Gasteiger partial charge in [-0.05, 0) is 30.7 Å². The molecule has 0 saturated carbocycles. The van der Waals surface area contributed by atoms with Gasteiger partial charge in [-0.2, -0.15) is 13.2 Å². The van der Waals surface area contributed by atoms with E-state index in [0.29, 0.717) is 24.4 Å². The van der Waals surface area contributed by atoms with Gasteiger partial charge in [-0.3, -0.25) is 4.79 Å². The third-order valence-corrected chi connectivity index (χ3v) is 5.71. The smallest absolute Gasteiger partial charge is 0.482 e. The fraction of sp³-hybridized carbons (Fsp3) is 0.278. The van der Waals surface area contributed by atoms with Crippen LogP contribution >= 0.6 is 0 Å². The number of alkyl halides is 3. The first-order valence-electron chi connectivity index (χ1n) is 8.38. The molecule has 1 amide bonds. The lowest BCUT2D eigenvalue weighted by atomic mass is 10.2. The summed E-state index contributed by atoms with van der Waals surface area (Å²) >= 11 is 0.